The fourth-order valence-corrected chi connectivity index (χ4v) is 4.31. The first-order chi connectivity index (χ1) is 12.7. The lowest BCUT2D eigenvalue weighted by Crippen LogP contribution is -3.13. The summed E-state index contributed by atoms with van der Waals surface area (Å²) in [4.78, 5) is 15.0. The summed E-state index contributed by atoms with van der Waals surface area (Å²) in [6, 6.07) is 12.0. The Bertz CT molecular complexity index is 687. The van der Waals surface area contributed by atoms with Crippen LogP contribution in [0.3, 0.4) is 0 Å². The highest BCUT2D eigenvalue weighted by molar-refractivity contribution is 7.09. The van der Waals surface area contributed by atoms with Crippen LogP contribution in [0.1, 0.15) is 23.3 Å². The molecule has 2 aromatic rings. The van der Waals surface area contributed by atoms with Gasteiger partial charge >= 0.3 is 0 Å². The van der Waals surface area contributed by atoms with Gasteiger partial charge in [-0.2, -0.15) is 0 Å². The fraction of sp³-hybridized carbons (Fsp3) is 0.450. The van der Waals surface area contributed by atoms with Crippen LogP contribution < -0.4 is 10.2 Å². The van der Waals surface area contributed by atoms with E-state index in [0.29, 0.717) is 13.1 Å². The molecule has 2 heterocycles. The van der Waals surface area contributed by atoms with Gasteiger partial charge in [-0.05, 0) is 48.4 Å². The summed E-state index contributed by atoms with van der Waals surface area (Å²) in [6.45, 7) is 3.72. The van der Waals surface area contributed by atoms with Gasteiger partial charge in [0.2, 0.25) is 0 Å². The van der Waals surface area contributed by atoms with Crippen molar-refractivity contribution in [3.63, 3.8) is 0 Å². The monoisotopic (exact) mass is 393 g/mol. The number of thiophene rings is 1. The molecule has 4 nitrogen and oxygen atoms in total. The minimum atomic E-state index is 0.0941. The van der Waals surface area contributed by atoms with Crippen LogP contribution in [-0.2, 0) is 22.5 Å². The van der Waals surface area contributed by atoms with Crippen molar-refractivity contribution < 1.29 is 14.4 Å². The average molecular weight is 394 g/mol. The molecule has 3 rings (SSSR count). The lowest BCUT2D eigenvalue weighted by molar-refractivity contribution is -0.908. The molecule has 1 unspecified atom stereocenters. The van der Waals surface area contributed by atoms with Gasteiger partial charge in [-0.15, -0.1) is 11.3 Å². The summed E-state index contributed by atoms with van der Waals surface area (Å²) in [5.74, 6) is 0.0941. The van der Waals surface area contributed by atoms with Gasteiger partial charge in [-0.3, -0.25) is 4.79 Å². The van der Waals surface area contributed by atoms with E-state index in [2.05, 4.69) is 22.8 Å². The molecule has 0 bridgehead atoms. The molecule has 0 saturated carbocycles. The van der Waals surface area contributed by atoms with Crippen LogP contribution in [0, 0.1) is 0 Å². The van der Waals surface area contributed by atoms with Gasteiger partial charge in [0.25, 0.3) is 5.91 Å². The number of amides is 1. The van der Waals surface area contributed by atoms with E-state index in [0.717, 1.165) is 49.5 Å². The highest BCUT2D eigenvalue weighted by Gasteiger charge is 2.24. The Morgan fingerprint density at radius 1 is 1.35 bits per heavy atom. The maximum absolute atomic E-state index is 12.4. The van der Waals surface area contributed by atoms with Gasteiger partial charge in [0.15, 0.2) is 6.54 Å². The summed E-state index contributed by atoms with van der Waals surface area (Å²) >= 11 is 7.75. The molecule has 0 spiro atoms. The van der Waals surface area contributed by atoms with Crippen molar-refractivity contribution in [1.82, 2.24) is 5.32 Å². The summed E-state index contributed by atoms with van der Waals surface area (Å²) in [7, 11) is 0. The fourth-order valence-electron chi connectivity index (χ4n) is 3.32. The van der Waals surface area contributed by atoms with Gasteiger partial charge in [-0.25, -0.2) is 0 Å². The van der Waals surface area contributed by atoms with Crippen LogP contribution in [0.25, 0.3) is 0 Å². The van der Waals surface area contributed by atoms with Gasteiger partial charge < -0.3 is 15.0 Å². The third-order valence-corrected chi connectivity index (χ3v) is 5.69. The first-order valence-electron chi connectivity index (χ1n) is 9.18. The molecule has 1 aliphatic heterocycles. The van der Waals surface area contributed by atoms with Crippen molar-refractivity contribution in [1.29, 1.82) is 0 Å². The van der Waals surface area contributed by atoms with Crippen LogP contribution in [0.2, 0.25) is 5.02 Å². The third-order valence-electron chi connectivity index (χ3n) is 4.58. The molecule has 1 amide bonds. The average Bonchev–Trinajstić information content (AvgIpc) is 3.29. The Morgan fingerprint density at radius 3 is 3.00 bits per heavy atom. The lowest BCUT2D eigenvalue weighted by Gasteiger charge is -2.21. The molecule has 26 heavy (non-hydrogen) atoms. The SMILES string of the molecule is O=C(C[NH+](Cc1cccs1)C[C@@H]1CCCO1)NCCc1cccc(Cl)c1. The molecule has 1 aromatic carbocycles. The lowest BCUT2D eigenvalue weighted by atomic mass is 10.1. The second kappa shape index (κ2) is 10.1. The zero-order chi connectivity index (χ0) is 18.2. The maximum atomic E-state index is 12.4. The zero-order valence-corrected chi connectivity index (χ0v) is 16.5. The molecule has 2 atom stereocenters. The molecular formula is C20H26ClN2O2S+. The molecule has 2 N–H and O–H groups in total. The Morgan fingerprint density at radius 2 is 2.27 bits per heavy atom. The van der Waals surface area contributed by atoms with E-state index in [9.17, 15) is 4.79 Å². The first-order valence-corrected chi connectivity index (χ1v) is 10.4. The normalized spacial score (nSPS) is 18.0. The number of ether oxygens (including phenoxy) is 1. The zero-order valence-electron chi connectivity index (χ0n) is 14.9. The van der Waals surface area contributed by atoms with Gasteiger partial charge in [0.05, 0.1) is 4.88 Å². The van der Waals surface area contributed by atoms with E-state index in [4.69, 9.17) is 16.3 Å². The Kier molecular flexibility index (Phi) is 7.50. The van der Waals surface area contributed by atoms with E-state index in [-0.39, 0.29) is 12.0 Å². The van der Waals surface area contributed by atoms with E-state index >= 15 is 0 Å². The molecule has 6 heteroatoms. The second-order valence-electron chi connectivity index (χ2n) is 6.75. The third kappa shape index (κ3) is 6.40. The highest BCUT2D eigenvalue weighted by atomic mass is 35.5. The standard InChI is InChI=1S/C20H25ClN2O2S/c21-17-5-1-4-16(12-17)8-9-22-20(24)15-23(13-18-6-2-10-25-18)14-19-7-3-11-26-19/h1,3-5,7,11-12,18H,2,6,8-10,13-15H2,(H,22,24)/p+1/t18-/m0/s1. The summed E-state index contributed by atoms with van der Waals surface area (Å²) in [5, 5.41) is 5.87. The summed E-state index contributed by atoms with van der Waals surface area (Å²) in [5.41, 5.74) is 1.14. The van der Waals surface area contributed by atoms with Crippen LogP contribution in [0.4, 0.5) is 0 Å². The van der Waals surface area contributed by atoms with E-state index in [1.165, 1.54) is 9.78 Å². The van der Waals surface area contributed by atoms with Crippen molar-refractivity contribution in [2.45, 2.75) is 31.9 Å². The number of nitrogens with one attached hydrogen (secondary N) is 2. The van der Waals surface area contributed by atoms with E-state index in [1.54, 1.807) is 11.3 Å². The molecule has 0 radical (unpaired) electrons. The van der Waals surface area contributed by atoms with Gasteiger partial charge in [0.1, 0.15) is 19.2 Å². The molecule has 140 valence electrons. The quantitative estimate of drug-likeness (QED) is 0.686. The molecule has 1 aromatic heterocycles. The van der Waals surface area contributed by atoms with E-state index in [1.807, 2.05) is 24.3 Å². The summed E-state index contributed by atoms with van der Waals surface area (Å²) < 4.78 is 5.77. The number of carbonyl (C=O) groups excluding carboxylic acids is 1. The summed E-state index contributed by atoms with van der Waals surface area (Å²) in [6.07, 6.45) is 3.30. The number of quaternary nitrogens is 1. The molecule has 1 saturated heterocycles. The van der Waals surface area contributed by atoms with Crippen molar-refractivity contribution in [3.05, 3.63) is 57.2 Å². The Balaban J connectivity index is 1.47. The van der Waals surface area contributed by atoms with Gasteiger partial charge in [-0.1, -0.05) is 29.8 Å². The number of benzene rings is 1. The Hall–Kier alpha value is -1.40. The predicted molar refractivity (Wildman–Crippen MR) is 106 cm³/mol. The number of halogens is 1. The smallest absolute Gasteiger partial charge is 0.275 e. The number of hydrogen-bond acceptors (Lipinski definition) is 3. The number of carbonyl (C=O) groups is 1. The topological polar surface area (TPSA) is 42.8 Å². The van der Waals surface area contributed by atoms with Crippen molar-refractivity contribution in [2.75, 3.05) is 26.2 Å². The second-order valence-corrected chi connectivity index (χ2v) is 8.22. The van der Waals surface area contributed by atoms with Crippen LogP contribution in [0.15, 0.2) is 41.8 Å². The molecule has 0 aliphatic carbocycles. The number of hydrogen-bond donors (Lipinski definition) is 2. The van der Waals surface area contributed by atoms with Gasteiger partial charge in [0, 0.05) is 18.2 Å². The maximum Gasteiger partial charge on any atom is 0.275 e. The van der Waals surface area contributed by atoms with Crippen LogP contribution in [0.5, 0.6) is 0 Å². The highest BCUT2D eigenvalue weighted by Crippen LogP contribution is 2.11. The largest absolute Gasteiger partial charge is 0.372 e. The van der Waals surface area contributed by atoms with Crippen molar-refractivity contribution >= 4 is 28.8 Å². The molecule has 1 fully saturated rings. The molecular weight excluding hydrogens is 368 g/mol. The number of rotatable bonds is 9. The van der Waals surface area contributed by atoms with Crippen LogP contribution in [-0.4, -0.2) is 38.3 Å². The minimum Gasteiger partial charge on any atom is -0.372 e. The van der Waals surface area contributed by atoms with E-state index < -0.39 is 0 Å². The Labute approximate surface area is 164 Å². The van der Waals surface area contributed by atoms with Crippen molar-refractivity contribution in [2.24, 2.45) is 0 Å². The predicted octanol–water partition coefficient (Wildman–Crippen LogP) is 2.32. The van der Waals surface area contributed by atoms with Crippen molar-refractivity contribution in [3.8, 4) is 0 Å². The van der Waals surface area contributed by atoms with Crippen LogP contribution >= 0.6 is 22.9 Å². The minimum absolute atomic E-state index is 0.0941. The first kappa shape index (κ1) is 19.4. The molecule has 1 aliphatic rings.